The molecule has 0 aromatic heterocycles. The van der Waals surface area contributed by atoms with E-state index in [1.807, 2.05) is 0 Å². The second-order valence-corrected chi connectivity index (χ2v) is 9.85. The van der Waals surface area contributed by atoms with Crippen LogP contribution in [0.15, 0.2) is 24.3 Å². The fourth-order valence-corrected chi connectivity index (χ4v) is 3.19. The first-order valence-corrected chi connectivity index (χ1v) is 11.5. The first-order chi connectivity index (χ1) is 22.7. The lowest BCUT2D eigenvalue weighted by atomic mass is 9.81. The number of alkyl halides is 34. The number of hydrogen-bond acceptors (Lipinski definition) is 0. The molecule has 0 spiro atoms. The summed E-state index contributed by atoms with van der Waals surface area (Å²) in [6.45, 7) is 1.73. The van der Waals surface area contributed by atoms with Gasteiger partial charge in [-0.1, -0.05) is 18.7 Å². The largest absolute Gasteiger partial charge is 0.460 e. The summed E-state index contributed by atoms with van der Waals surface area (Å²) in [7, 11) is 0. The predicted molar refractivity (Wildman–Crippen MR) is 99.6 cm³/mol. The lowest BCUT2D eigenvalue weighted by Crippen LogP contribution is -2.76. The Labute approximate surface area is 270 Å². The second-order valence-electron chi connectivity index (χ2n) is 9.85. The van der Waals surface area contributed by atoms with Crippen LogP contribution in [0.25, 0.3) is 0 Å². The van der Waals surface area contributed by atoms with E-state index in [1.165, 1.54) is 0 Å². The van der Waals surface area contributed by atoms with Crippen molar-refractivity contribution in [2.24, 2.45) is 0 Å². The standard InChI is InChI=1S/C20H4F34/c1-2-3-4(5(21,22)7(25,26)9(29,30)11(33,34)13(37,38)15(41,42)17(45,46)19(49,50)51)6(23,24)8(27,28)10(31,32)12(35,36)14(39,40)16(43,44)18(47,48)20(52,53)54/h2-3H,1H2. The average molecular weight is 890 g/mol. The number of hydrogen-bond donors (Lipinski definition) is 0. The summed E-state index contributed by atoms with van der Waals surface area (Å²) in [6, 6.07) is 0. The summed E-state index contributed by atoms with van der Waals surface area (Å²) in [6.07, 6.45) is -20.5. The van der Waals surface area contributed by atoms with Crippen molar-refractivity contribution in [3.8, 4) is 0 Å². The zero-order valence-corrected chi connectivity index (χ0v) is 23.2. The molecule has 0 unspecified atom stereocenters. The Bertz CT molecular complexity index is 1310. The molecule has 0 rings (SSSR count). The molecule has 0 fully saturated rings. The maximum atomic E-state index is 14.4. The van der Waals surface area contributed by atoms with Crippen molar-refractivity contribution in [3.63, 3.8) is 0 Å². The van der Waals surface area contributed by atoms with Crippen molar-refractivity contribution < 1.29 is 149 Å². The van der Waals surface area contributed by atoms with Gasteiger partial charge in [0.25, 0.3) is 0 Å². The van der Waals surface area contributed by atoms with Crippen LogP contribution < -0.4 is 0 Å². The molecular formula is C20H4F34. The summed E-state index contributed by atoms with van der Waals surface area (Å²) < 4.78 is 457. The molecule has 54 heavy (non-hydrogen) atoms. The number of halogens is 34. The molecule has 0 N–H and O–H groups in total. The topological polar surface area (TPSA) is 0 Å². The van der Waals surface area contributed by atoms with Crippen molar-refractivity contribution >= 4 is 0 Å². The van der Waals surface area contributed by atoms with Crippen LogP contribution in [-0.2, 0) is 0 Å². The fourth-order valence-electron chi connectivity index (χ4n) is 3.19. The van der Waals surface area contributed by atoms with E-state index in [1.54, 1.807) is 6.58 Å². The van der Waals surface area contributed by atoms with E-state index in [-0.39, 0.29) is 0 Å². The van der Waals surface area contributed by atoms with E-state index >= 15 is 0 Å². The average Bonchev–Trinajstić information content (AvgIpc) is 2.92. The van der Waals surface area contributed by atoms with Crippen molar-refractivity contribution in [3.05, 3.63) is 24.3 Å². The summed E-state index contributed by atoms with van der Waals surface area (Å²) in [5, 5.41) is 0. The second kappa shape index (κ2) is 12.6. The maximum absolute atomic E-state index is 14.4. The van der Waals surface area contributed by atoms with Gasteiger partial charge >= 0.3 is 95.3 Å². The Kier molecular flexibility index (Phi) is 11.9. The van der Waals surface area contributed by atoms with Gasteiger partial charge in [0.1, 0.15) is 0 Å². The summed E-state index contributed by atoms with van der Waals surface area (Å²) >= 11 is 0. The highest BCUT2D eigenvalue weighted by atomic mass is 19.4. The van der Waals surface area contributed by atoms with Gasteiger partial charge in [-0.3, -0.25) is 0 Å². The molecule has 0 aliphatic carbocycles. The molecule has 0 saturated carbocycles. The highest BCUT2D eigenvalue weighted by Gasteiger charge is 2.98. The first kappa shape index (κ1) is 51.1. The van der Waals surface area contributed by atoms with Crippen molar-refractivity contribution in [2.75, 3.05) is 0 Å². The Morgan fingerprint density at radius 3 is 0.537 bits per heavy atom. The number of rotatable bonds is 15. The SMILES string of the molecule is C=CC=C(C(F)(F)C(F)(F)C(F)(F)C(F)(F)C(F)(F)C(F)(F)C(F)(F)C(F)(F)F)C(F)(F)C(F)(F)C(F)(F)C(F)(F)C(F)(F)C(F)(F)C(F)(F)C(F)(F)F. The number of allylic oxidation sites excluding steroid dienone is 3. The molecule has 0 radical (unpaired) electrons. The Hall–Kier alpha value is -2.90. The summed E-state index contributed by atoms with van der Waals surface area (Å²) in [5.74, 6) is -132. The van der Waals surface area contributed by atoms with Gasteiger partial charge in [-0.15, -0.1) is 0 Å². The third kappa shape index (κ3) is 5.96. The van der Waals surface area contributed by atoms with Crippen LogP contribution in [-0.4, -0.2) is 95.3 Å². The van der Waals surface area contributed by atoms with Crippen molar-refractivity contribution in [2.45, 2.75) is 95.3 Å². The Morgan fingerprint density at radius 1 is 0.241 bits per heavy atom. The third-order valence-corrected chi connectivity index (χ3v) is 6.41. The molecule has 0 nitrogen and oxygen atoms in total. The lowest BCUT2D eigenvalue weighted by Gasteiger charge is -2.45. The van der Waals surface area contributed by atoms with Gasteiger partial charge in [0.15, 0.2) is 0 Å². The normalized spacial score (nSPS) is 16.8. The van der Waals surface area contributed by atoms with Crippen molar-refractivity contribution in [1.29, 1.82) is 0 Å². The molecule has 0 aliphatic heterocycles. The smallest absolute Gasteiger partial charge is 0.194 e. The molecule has 0 aromatic carbocycles. The van der Waals surface area contributed by atoms with E-state index in [2.05, 4.69) is 0 Å². The molecule has 0 amide bonds. The van der Waals surface area contributed by atoms with Gasteiger partial charge in [-0.25, -0.2) is 0 Å². The van der Waals surface area contributed by atoms with Gasteiger partial charge in [0.05, 0.1) is 5.57 Å². The fraction of sp³-hybridized carbons (Fsp3) is 0.800. The van der Waals surface area contributed by atoms with Gasteiger partial charge in [0, 0.05) is 0 Å². The van der Waals surface area contributed by atoms with E-state index in [0.29, 0.717) is 0 Å². The van der Waals surface area contributed by atoms with Gasteiger partial charge < -0.3 is 0 Å². The van der Waals surface area contributed by atoms with Crippen molar-refractivity contribution in [1.82, 2.24) is 0 Å². The van der Waals surface area contributed by atoms with Crippen LogP contribution >= 0.6 is 0 Å². The van der Waals surface area contributed by atoms with E-state index in [0.717, 1.165) is 0 Å². The van der Waals surface area contributed by atoms with Crippen LogP contribution in [0.2, 0.25) is 0 Å². The van der Waals surface area contributed by atoms with E-state index < -0.39 is 113 Å². The van der Waals surface area contributed by atoms with Crippen LogP contribution in [0, 0.1) is 0 Å². The lowest BCUT2D eigenvalue weighted by molar-refractivity contribution is -0.464. The zero-order chi connectivity index (χ0) is 45.0. The van der Waals surface area contributed by atoms with Gasteiger partial charge in [-0.05, 0) is 0 Å². The minimum atomic E-state index is -9.74. The highest BCUT2D eigenvalue weighted by Crippen LogP contribution is 2.68. The van der Waals surface area contributed by atoms with Crippen LogP contribution in [0.4, 0.5) is 149 Å². The van der Waals surface area contributed by atoms with E-state index in [4.69, 9.17) is 0 Å². The third-order valence-electron chi connectivity index (χ3n) is 6.41. The minimum absolute atomic E-state index is 1.39. The predicted octanol–water partition coefficient (Wildman–Crippen LogP) is 12.1. The quantitative estimate of drug-likeness (QED) is 0.114. The molecule has 0 heterocycles. The van der Waals surface area contributed by atoms with E-state index in [9.17, 15) is 149 Å². The maximum Gasteiger partial charge on any atom is 0.460 e. The monoisotopic (exact) mass is 890 g/mol. The Morgan fingerprint density at radius 2 is 0.389 bits per heavy atom. The molecule has 34 heteroatoms. The molecular weight excluding hydrogens is 886 g/mol. The zero-order valence-electron chi connectivity index (χ0n) is 23.2. The molecule has 0 bridgehead atoms. The molecule has 0 aromatic rings. The molecule has 322 valence electrons. The van der Waals surface area contributed by atoms with Crippen LogP contribution in [0.5, 0.6) is 0 Å². The molecule has 0 saturated heterocycles. The summed E-state index contributed by atoms with van der Waals surface area (Å²) in [4.78, 5) is 0. The Balaban J connectivity index is 7.94. The minimum Gasteiger partial charge on any atom is -0.194 e. The highest BCUT2D eigenvalue weighted by molar-refractivity contribution is 5.35. The first-order valence-electron chi connectivity index (χ1n) is 11.5. The van der Waals surface area contributed by atoms with Gasteiger partial charge in [-0.2, -0.15) is 149 Å². The molecule has 0 aliphatic rings. The summed E-state index contributed by atoms with van der Waals surface area (Å²) in [5.41, 5.74) is -5.81. The van der Waals surface area contributed by atoms with Gasteiger partial charge in [0.2, 0.25) is 0 Å². The molecule has 0 atom stereocenters. The van der Waals surface area contributed by atoms with Crippen LogP contribution in [0.3, 0.4) is 0 Å². The van der Waals surface area contributed by atoms with Crippen LogP contribution in [0.1, 0.15) is 0 Å².